The zero-order chi connectivity index (χ0) is 18.8. The summed E-state index contributed by atoms with van der Waals surface area (Å²) in [6.07, 6.45) is 12.4. The molecule has 0 amide bonds. The second kappa shape index (κ2) is 10.9. The Balaban J connectivity index is 1.45. The van der Waals surface area contributed by atoms with Crippen LogP contribution in [0.1, 0.15) is 73.6 Å². The Morgan fingerprint density at radius 1 is 0.538 bits per heavy atom. The second-order valence-corrected chi connectivity index (χ2v) is 7.57. The van der Waals surface area contributed by atoms with Gasteiger partial charge in [-0.1, -0.05) is 62.8 Å². The van der Waals surface area contributed by atoms with Gasteiger partial charge < -0.3 is 10.2 Å². The van der Waals surface area contributed by atoms with Crippen molar-refractivity contribution in [2.75, 3.05) is 0 Å². The minimum Gasteiger partial charge on any atom is -0.508 e. The van der Waals surface area contributed by atoms with Crippen LogP contribution in [0.4, 0.5) is 0 Å². The Labute approximate surface area is 158 Å². The molecule has 2 N–H and O–H groups in total. The van der Waals surface area contributed by atoms with Gasteiger partial charge in [-0.05, 0) is 73.9 Å². The van der Waals surface area contributed by atoms with Crippen LogP contribution in [0.15, 0.2) is 36.4 Å². The number of aryl methyl sites for hydroxylation is 4. The van der Waals surface area contributed by atoms with E-state index in [1.54, 1.807) is 0 Å². The molecule has 0 aliphatic carbocycles. The molecular weight excluding hydrogens is 320 g/mol. The molecule has 2 heteroatoms. The van der Waals surface area contributed by atoms with E-state index in [-0.39, 0.29) is 0 Å². The molecule has 2 rings (SSSR count). The molecule has 0 atom stereocenters. The summed E-state index contributed by atoms with van der Waals surface area (Å²) in [5.74, 6) is 0.840. The smallest absolute Gasteiger partial charge is 0.118 e. The largest absolute Gasteiger partial charge is 0.508 e. The van der Waals surface area contributed by atoms with Gasteiger partial charge in [0.1, 0.15) is 11.5 Å². The fourth-order valence-electron chi connectivity index (χ4n) is 3.34. The van der Waals surface area contributed by atoms with Gasteiger partial charge in [-0.25, -0.2) is 0 Å². The highest BCUT2D eigenvalue weighted by atomic mass is 16.3. The first-order chi connectivity index (χ1) is 12.6. The van der Waals surface area contributed by atoms with Crippen LogP contribution in [-0.4, -0.2) is 10.2 Å². The molecule has 0 aliphatic rings. The Morgan fingerprint density at radius 3 is 1.23 bits per heavy atom. The number of aromatic hydroxyl groups is 2. The number of rotatable bonds is 11. The van der Waals surface area contributed by atoms with Crippen molar-refractivity contribution < 1.29 is 10.2 Å². The van der Waals surface area contributed by atoms with E-state index in [9.17, 15) is 10.2 Å². The van der Waals surface area contributed by atoms with Crippen LogP contribution in [0.2, 0.25) is 0 Å². The first kappa shape index (κ1) is 20.4. The van der Waals surface area contributed by atoms with Gasteiger partial charge in [0, 0.05) is 0 Å². The van der Waals surface area contributed by atoms with Crippen LogP contribution in [0.5, 0.6) is 11.5 Å². The lowest BCUT2D eigenvalue weighted by molar-refractivity contribution is 0.469. The highest BCUT2D eigenvalue weighted by molar-refractivity contribution is 5.36. The molecule has 0 heterocycles. The third-order valence-electron chi connectivity index (χ3n) is 5.23. The van der Waals surface area contributed by atoms with Crippen LogP contribution >= 0.6 is 0 Å². The quantitative estimate of drug-likeness (QED) is 0.445. The molecule has 0 fully saturated rings. The van der Waals surface area contributed by atoms with Gasteiger partial charge in [0.15, 0.2) is 0 Å². The summed E-state index contributed by atoms with van der Waals surface area (Å²) >= 11 is 0. The monoisotopic (exact) mass is 354 g/mol. The van der Waals surface area contributed by atoms with Crippen LogP contribution in [0.25, 0.3) is 0 Å². The molecule has 142 valence electrons. The molecule has 2 aromatic rings. The van der Waals surface area contributed by atoms with Crippen molar-refractivity contribution in [1.29, 1.82) is 0 Å². The lowest BCUT2D eigenvalue weighted by Crippen LogP contribution is -1.89. The SMILES string of the molecule is Cc1ccc(CCCCCCCCCCc2ccc(C)c(O)c2)cc1O. The molecule has 26 heavy (non-hydrogen) atoms. The summed E-state index contributed by atoms with van der Waals surface area (Å²) in [6.45, 7) is 3.87. The molecule has 0 unspecified atom stereocenters. The van der Waals surface area contributed by atoms with E-state index in [1.165, 1.54) is 62.5 Å². The Bertz CT molecular complexity index is 616. The number of hydrogen-bond donors (Lipinski definition) is 2. The van der Waals surface area contributed by atoms with Crippen molar-refractivity contribution >= 4 is 0 Å². The first-order valence-electron chi connectivity index (χ1n) is 10.1. The highest BCUT2D eigenvalue weighted by Gasteiger charge is 2.00. The Hall–Kier alpha value is -1.96. The lowest BCUT2D eigenvalue weighted by Gasteiger charge is -2.06. The molecule has 0 radical (unpaired) electrons. The minimum absolute atomic E-state index is 0.420. The van der Waals surface area contributed by atoms with Gasteiger partial charge in [0.2, 0.25) is 0 Å². The maximum atomic E-state index is 9.73. The number of unbranched alkanes of at least 4 members (excludes halogenated alkanes) is 7. The summed E-state index contributed by atoms with van der Waals surface area (Å²) in [5.41, 5.74) is 4.39. The Morgan fingerprint density at radius 2 is 0.885 bits per heavy atom. The molecule has 0 spiro atoms. The van der Waals surface area contributed by atoms with Gasteiger partial charge in [0.05, 0.1) is 0 Å². The van der Waals surface area contributed by atoms with Gasteiger partial charge >= 0.3 is 0 Å². The zero-order valence-corrected chi connectivity index (χ0v) is 16.4. The molecule has 0 aromatic heterocycles. The van der Waals surface area contributed by atoms with Crippen LogP contribution < -0.4 is 0 Å². The Kier molecular flexibility index (Phi) is 8.53. The van der Waals surface area contributed by atoms with E-state index in [4.69, 9.17) is 0 Å². The summed E-state index contributed by atoms with van der Waals surface area (Å²) in [6, 6.07) is 12.1. The van der Waals surface area contributed by atoms with Gasteiger partial charge in [-0.2, -0.15) is 0 Å². The van der Waals surface area contributed by atoms with Crippen LogP contribution in [0, 0.1) is 13.8 Å². The lowest BCUT2D eigenvalue weighted by atomic mass is 10.0. The average molecular weight is 355 g/mol. The number of benzene rings is 2. The van der Waals surface area contributed by atoms with Gasteiger partial charge in [-0.3, -0.25) is 0 Å². The maximum Gasteiger partial charge on any atom is 0.118 e. The second-order valence-electron chi connectivity index (χ2n) is 7.57. The first-order valence-corrected chi connectivity index (χ1v) is 10.1. The predicted molar refractivity (Wildman–Crippen MR) is 110 cm³/mol. The van der Waals surface area contributed by atoms with Crippen molar-refractivity contribution in [3.8, 4) is 11.5 Å². The van der Waals surface area contributed by atoms with E-state index >= 15 is 0 Å². The third-order valence-corrected chi connectivity index (χ3v) is 5.23. The maximum absolute atomic E-state index is 9.73. The van der Waals surface area contributed by atoms with Crippen molar-refractivity contribution in [2.24, 2.45) is 0 Å². The zero-order valence-electron chi connectivity index (χ0n) is 16.4. The highest BCUT2D eigenvalue weighted by Crippen LogP contribution is 2.20. The summed E-state index contributed by atoms with van der Waals surface area (Å²) in [7, 11) is 0. The molecule has 2 nitrogen and oxygen atoms in total. The van der Waals surface area contributed by atoms with Crippen LogP contribution in [-0.2, 0) is 12.8 Å². The van der Waals surface area contributed by atoms with Crippen molar-refractivity contribution in [3.05, 3.63) is 58.7 Å². The van der Waals surface area contributed by atoms with E-state index in [1.807, 2.05) is 38.1 Å². The van der Waals surface area contributed by atoms with E-state index in [0.29, 0.717) is 11.5 Å². The molecule has 0 saturated heterocycles. The average Bonchev–Trinajstić information content (AvgIpc) is 2.62. The molecule has 0 bridgehead atoms. The van der Waals surface area contributed by atoms with Crippen molar-refractivity contribution in [3.63, 3.8) is 0 Å². The van der Waals surface area contributed by atoms with Crippen molar-refractivity contribution in [1.82, 2.24) is 0 Å². The number of phenolic OH excluding ortho intramolecular Hbond substituents is 2. The normalized spacial score (nSPS) is 11.0. The summed E-state index contributed by atoms with van der Waals surface area (Å²) in [5, 5.41) is 19.5. The van der Waals surface area contributed by atoms with Crippen molar-refractivity contribution in [2.45, 2.75) is 78.1 Å². The molecule has 2 aromatic carbocycles. The molecular formula is C24H34O2. The number of hydrogen-bond acceptors (Lipinski definition) is 2. The van der Waals surface area contributed by atoms with E-state index in [0.717, 1.165) is 24.0 Å². The van der Waals surface area contributed by atoms with E-state index in [2.05, 4.69) is 12.1 Å². The summed E-state index contributed by atoms with van der Waals surface area (Å²) < 4.78 is 0. The standard InChI is InChI=1S/C24H34O2/c1-19-13-15-21(17-23(19)25)11-9-7-5-3-4-6-8-10-12-22-16-14-20(2)24(26)18-22/h13-18,25-26H,3-12H2,1-2H3. The fraction of sp³-hybridized carbons (Fsp3) is 0.500. The minimum atomic E-state index is 0.420. The molecule has 0 aliphatic heterocycles. The summed E-state index contributed by atoms with van der Waals surface area (Å²) in [4.78, 5) is 0. The topological polar surface area (TPSA) is 40.5 Å². The number of phenols is 2. The predicted octanol–water partition coefficient (Wildman–Crippen LogP) is 6.62. The molecule has 0 saturated carbocycles. The fourth-order valence-corrected chi connectivity index (χ4v) is 3.34. The van der Waals surface area contributed by atoms with Crippen LogP contribution in [0.3, 0.4) is 0 Å². The van der Waals surface area contributed by atoms with Gasteiger partial charge in [-0.15, -0.1) is 0 Å². The van der Waals surface area contributed by atoms with E-state index < -0.39 is 0 Å². The van der Waals surface area contributed by atoms with Gasteiger partial charge in [0.25, 0.3) is 0 Å². The third kappa shape index (κ3) is 7.11.